The van der Waals surface area contributed by atoms with Crippen molar-refractivity contribution in [1.82, 2.24) is 4.90 Å². The monoisotopic (exact) mass is 241 g/mol. The van der Waals surface area contributed by atoms with Gasteiger partial charge in [-0.1, -0.05) is 13.8 Å². The Morgan fingerprint density at radius 3 is 2.59 bits per heavy atom. The molecule has 0 saturated carbocycles. The van der Waals surface area contributed by atoms with Gasteiger partial charge in [0.25, 0.3) is 0 Å². The van der Waals surface area contributed by atoms with Crippen molar-refractivity contribution in [3.63, 3.8) is 0 Å². The Balaban J connectivity index is 2.58. The smallest absolute Gasteiger partial charge is 0.316 e. The van der Waals surface area contributed by atoms with E-state index in [0.717, 1.165) is 0 Å². The van der Waals surface area contributed by atoms with Crippen LogP contribution in [0.3, 0.4) is 0 Å². The zero-order chi connectivity index (χ0) is 13.0. The maximum absolute atomic E-state index is 11.8. The summed E-state index contributed by atoms with van der Waals surface area (Å²) < 4.78 is 4.83. The fourth-order valence-corrected chi connectivity index (χ4v) is 1.87. The summed E-state index contributed by atoms with van der Waals surface area (Å²) in [6, 6.07) is 0. The Hall–Kier alpha value is -1.39. The molecule has 1 amide bonds. The summed E-state index contributed by atoms with van der Waals surface area (Å²) in [5, 5.41) is 0. The van der Waals surface area contributed by atoms with Gasteiger partial charge in [-0.05, 0) is 13.3 Å². The first-order valence-electron chi connectivity index (χ1n) is 5.95. The third-order valence-electron chi connectivity index (χ3n) is 2.80. The lowest BCUT2D eigenvalue weighted by atomic mass is 9.95. The molecule has 0 spiro atoms. The van der Waals surface area contributed by atoms with E-state index in [2.05, 4.69) is 0 Å². The quantitative estimate of drug-likeness (QED) is 0.537. The van der Waals surface area contributed by atoms with Crippen molar-refractivity contribution in [1.29, 1.82) is 0 Å². The summed E-state index contributed by atoms with van der Waals surface area (Å²) in [6.45, 7) is 6.05. The molecule has 17 heavy (non-hydrogen) atoms. The molecule has 5 nitrogen and oxygen atoms in total. The van der Waals surface area contributed by atoms with Gasteiger partial charge in [-0.3, -0.25) is 14.4 Å². The second kappa shape index (κ2) is 5.80. The van der Waals surface area contributed by atoms with Gasteiger partial charge < -0.3 is 9.64 Å². The highest BCUT2D eigenvalue weighted by atomic mass is 16.5. The minimum absolute atomic E-state index is 0.0283. The number of carbonyl (C=O) groups excluding carboxylic acids is 3. The Morgan fingerprint density at radius 2 is 2.12 bits per heavy atom. The molecule has 1 fully saturated rings. The number of Topliss-reactive ketones (excluding diaryl/α,β-unsaturated/α-hetero) is 1. The number of hydrogen-bond acceptors (Lipinski definition) is 4. The highest BCUT2D eigenvalue weighted by Gasteiger charge is 2.35. The third-order valence-corrected chi connectivity index (χ3v) is 2.80. The molecule has 0 N–H and O–H groups in total. The van der Waals surface area contributed by atoms with E-state index in [4.69, 9.17) is 4.74 Å². The largest absolute Gasteiger partial charge is 0.465 e. The summed E-state index contributed by atoms with van der Waals surface area (Å²) >= 11 is 0. The van der Waals surface area contributed by atoms with Crippen LogP contribution in [0.25, 0.3) is 0 Å². The van der Waals surface area contributed by atoms with Crippen LogP contribution in [0.1, 0.15) is 27.2 Å². The van der Waals surface area contributed by atoms with Gasteiger partial charge in [0.05, 0.1) is 13.2 Å². The SMILES string of the molecule is CCOC(=O)C1CCN(C(=O)C(C)C)CC1=O. The number of nitrogens with zero attached hydrogens (tertiary/aromatic N) is 1. The highest BCUT2D eigenvalue weighted by molar-refractivity contribution is 6.02. The molecular weight excluding hydrogens is 222 g/mol. The molecule has 0 bridgehead atoms. The molecular formula is C12H19NO4. The van der Waals surface area contributed by atoms with Gasteiger partial charge in [-0.25, -0.2) is 0 Å². The molecule has 0 radical (unpaired) electrons. The number of rotatable bonds is 3. The van der Waals surface area contributed by atoms with Crippen LogP contribution in [0.5, 0.6) is 0 Å². The normalized spacial score (nSPS) is 20.6. The van der Waals surface area contributed by atoms with Crippen LogP contribution >= 0.6 is 0 Å². The Kier molecular flexibility index (Phi) is 4.66. The fraction of sp³-hybridized carbons (Fsp3) is 0.750. The molecule has 0 aliphatic carbocycles. The number of amides is 1. The highest BCUT2D eigenvalue weighted by Crippen LogP contribution is 2.17. The fourth-order valence-electron chi connectivity index (χ4n) is 1.87. The summed E-state index contributed by atoms with van der Waals surface area (Å²) in [7, 11) is 0. The second-order valence-corrected chi connectivity index (χ2v) is 4.47. The molecule has 1 aliphatic rings. The van der Waals surface area contributed by atoms with Gasteiger partial charge >= 0.3 is 5.97 Å². The number of hydrogen-bond donors (Lipinski definition) is 0. The van der Waals surface area contributed by atoms with Crippen LogP contribution in [0, 0.1) is 11.8 Å². The minimum Gasteiger partial charge on any atom is -0.465 e. The van der Waals surface area contributed by atoms with Crippen molar-refractivity contribution in [2.24, 2.45) is 11.8 Å². The number of carbonyl (C=O) groups is 3. The van der Waals surface area contributed by atoms with Gasteiger partial charge in [0.2, 0.25) is 5.91 Å². The van der Waals surface area contributed by atoms with Gasteiger partial charge in [-0.2, -0.15) is 0 Å². The van der Waals surface area contributed by atoms with Crippen LogP contribution in [0.15, 0.2) is 0 Å². The molecule has 0 aromatic heterocycles. The van der Waals surface area contributed by atoms with Crippen LogP contribution in [-0.2, 0) is 19.1 Å². The molecule has 1 unspecified atom stereocenters. The lowest BCUT2D eigenvalue weighted by Gasteiger charge is -2.30. The van der Waals surface area contributed by atoms with E-state index in [9.17, 15) is 14.4 Å². The first-order chi connectivity index (χ1) is 7.97. The van der Waals surface area contributed by atoms with Crippen molar-refractivity contribution in [3.8, 4) is 0 Å². The Morgan fingerprint density at radius 1 is 1.47 bits per heavy atom. The summed E-state index contributed by atoms with van der Waals surface area (Å²) in [5.74, 6) is -1.54. The van der Waals surface area contributed by atoms with Crippen molar-refractivity contribution in [2.75, 3.05) is 19.7 Å². The zero-order valence-electron chi connectivity index (χ0n) is 10.6. The van der Waals surface area contributed by atoms with Crippen LogP contribution in [0.4, 0.5) is 0 Å². The van der Waals surface area contributed by atoms with Crippen molar-refractivity contribution < 1.29 is 19.1 Å². The second-order valence-electron chi connectivity index (χ2n) is 4.47. The van der Waals surface area contributed by atoms with Gasteiger partial charge in [0.15, 0.2) is 5.78 Å². The third kappa shape index (κ3) is 3.28. The van der Waals surface area contributed by atoms with Crippen molar-refractivity contribution >= 4 is 17.7 Å². The average molecular weight is 241 g/mol. The molecule has 1 aliphatic heterocycles. The van der Waals surface area contributed by atoms with Gasteiger partial charge in [0, 0.05) is 12.5 Å². The van der Waals surface area contributed by atoms with Crippen molar-refractivity contribution in [3.05, 3.63) is 0 Å². The standard InChI is InChI=1S/C12H19NO4/c1-4-17-12(16)9-5-6-13(7-10(9)14)11(15)8(2)3/h8-9H,4-7H2,1-3H3. The predicted molar refractivity (Wildman–Crippen MR) is 61.2 cm³/mol. The van der Waals surface area contributed by atoms with Gasteiger partial charge in [0.1, 0.15) is 5.92 Å². The van der Waals surface area contributed by atoms with Crippen LogP contribution < -0.4 is 0 Å². The predicted octanol–water partition coefficient (Wildman–Crippen LogP) is 0.623. The van der Waals surface area contributed by atoms with Crippen LogP contribution in [0.2, 0.25) is 0 Å². The van der Waals surface area contributed by atoms with E-state index in [1.807, 2.05) is 0 Å². The molecule has 1 rings (SSSR count). The summed E-state index contributed by atoms with van der Waals surface area (Å²) in [4.78, 5) is 36.4. The van der Waals surface area contributed by atoms with E-state index in [1.165, 1.54) is 4.90 Å². The maximum atomic E-state index is 11.8. The van der Waals surface area contributed by atoms with Crippen molar-refractivity contribution in [2.45, 2.75) is 27.2 Å². The first kappa shape index (κ1) is 13.7. The number of piperidine rings is 1. The van der Waals surface area contributed by atoms with E-state index >= 15 is 0 Å². The minimum atomic E-state index is -0.689. The van der Waals surface area contributed by atoms with E-state index < -0.39 is 11.9 Å². The lowest BCUT2D eigenvalue weighted by Crippen LogP contribution is -2.47. The van der Waals surface area contributed by atoms with E-state index in [-0.39, 0.29) is 30.8 Å². The zero-order valence-corrected chi connectivity index (χ0v) is 10.6. The molecule has 1 heterocycles. The van der Waals surface area contributed by atoms with E-state index in [0.29, 0.717) is 13.0 Å². The number of ether oxygens (including phenoxy) is 1. The maximum Gasteiger partial charge on any atom is 0.316 e. The molecule has 0 aromatic rings. The molecule has 1 atom stereocenters. The lowest BCUT2D eigenvalue weighted by molar-refractivity contribution is -0.156. The number of likely N-dealkylation sites (tertiary alicyclic amines) is 1. The average Bonchev–Trinajstić information content (AvgIpc) is 2.27. The Labute approximate surface area is 101 Å². The van der Waals surface area contributed by atoms with Gasteiger partial charge in [-0.15, -0.1) is 0 Å². The Bertz CT molecular complexity index is 324. The van der Waals surface area contributed by atoms with E-state index in [1.54, 1.807) is 20.8 Å². The van der Waals surface area contributed by atoms with Crippen LogP contribution in [-0.4, -0.2) is 42.3 Å². The number of ketones is 1. The number of esters is 1. The molecule has 0 aromatic carbocycles. The topological polar surface area (TPSA) is 63.7 Å². The molecule has 96 valence electrons. The molecule has 1 saturated heterocycles. The molecule has 5 heteroatoms. The summed E-state index contributed by atoms with van der Waals surface area (Å²) in [5.41, 5.74) is 0. The first-order valence-corrected chi connectivity index (χ1v) is 5.95. The summed E-state index contributed by atoms with van der Waals surface area (Å²) in [6.07, 6.45) is 0.371.